The van der Waals surface area contributed by atoms with E-state index < -0.39 is 0 Å². The molecule has 1 saturated heterocycles. The summed E-state index contributed by atoms with van der Waals surface area (Å²) in [6.07, 6.45) is 0.851. The van der Waals surface area contributed by atoms with E-state index in [1.807, 2.05) is 66.4 Å². The molecule has 3 aromatic rings. The van der Waals surface area contributed by atoms with Gasteiger partial charge in [0.1, 0.15) is 0 Å². The van der Waals surface area contributed by atoms with Gasteiger partial charge in [-0.15, -0.1) is 0 Å². The Labute approximate surface area is 193 Å². The zero-order chi connectivity index (χ0) is 23.4. The van der Waals surface area contributed by atoms with Crippen LogP contribution in [0.2, 0.25) is 0 Å². The van der Waals surface area contributed by atoms with E-state index in [1.54, 1.807) is 13.0 Å². The first-order valence-electron chi connectivity index (χ1n) is 11.1. The van der Waals surface area contributed by atoms with Crippen LogP contribution in [0.1, 0.15) is 30.2 Å². The molecule has 6 heteroatoms. The molecule has 1 aromatic heterocycles. The van der Waals surface area contributed by atoms with E-state index in [4.69, 9.17) is 5.10 Å². The van der Waals surface area contributed by atoms with Gasteiger partial charge in [0.05, 0.1) is 17.9 Å². The number of amides is 1. The molecule has 33 heavy (non-hydrogen) atoms. The van der Waals surface area contributed by atoms with Gasteiger partial charge in [-0.1, -0.05) is 55.1 Å². The SMILES string of the molecule is C=C(/C(=C1/CN(C(C)=O)CCCN1)c1ccc(=O)n(-c2ccccc2C)n1)c1ccccc1. The summed E-state index contributed by atoms with van der Waals surface area (Å²) in [4.78, 5) is 26.8. The van der Waals surface area contributed by atoms with Crippen molar-refractivity contribution in [2.45, 2.75) is 20.3 Å². The third-order valence-corrected chi connectivity index (χ3v) is 5.86. The molecule has 0 atom stereocenters. The van der Waals surface area contributed by atoms with Crippen LogP contribution < -0.4 is 10.9 Å². The summed E-state index contributed by atoms with van der Waals surface area (Å²) < 4.78 is 1.43. The zero-order valence-electron chi connectivity index (χ0n) is 19.0. The molecule has 0 unspecified atom stereocenters. The number of hydrogen-bond donors (Lipinski definition) is 1. The molecular formula is C27H28N4O2. The summed E-state index contributed by atoms with van der Waals surface area (Å²) in [6.45, 7) is 9.79. The number of carbonyl (C=O) groups is 1. The molecule has 1 fully saturated rings. The minimum absolute atomic E-state index is 0.0266. The normalized spacial score (nSPS) is 15.4. The van der Waals surface area contributed by atoms with Gasteiger partial charge in [-0.2, -0.15) is 9.78 Å². The van der Waals surface area contributed by atoms with E-state index in [9.17, 15) is 9.59 Å². The van der Waals surface area contributed by atoms with E-state index in [2.05, 4.69) is 11.9 Å². The molecule has 2 aromatic carbocycles. The number of carbonyl (C=O) groups excluding carboxylic acids is 1. The summed E-state index contributed by atoms with van der Waals surface area (Å²) >= 11 is 0. The van der Waals surface area contributed by atoms with Crippen LogP contribution in [0, 0.1) is 6.92 Å². The Morgan fingerprint density at radius 2 is 1.76 bits per heavy atom. The molecule has 0 aliphatic carbocycles. The predicted molar refractivity (Wildman–Crippen MR) is 132 cm³/mol. The number of hydrogen-bond acceptors (Lipinski definition) is 4. The molecule has 1 amide bonds. The summed E-state index contributed by atoms with van der Waals surface area (Å²) in [6, 6.07) is 20.8. The van der Waals surface area contributed by atoms with Crippen molar-refractivity contribution in [1.29, 1.82) is 0 Å². The fourth-order valence-electron chi connectivity index (χ4n) is 4.06. The molecule has 168 valence electrons. The Morgan fingerprint density at radius 3 is 2.48 bits per heavy atom. The maximum absolute atomic E-state index is 12.8. The minimum atomic E-state index is -0.207. The fourth-order valence-corrected chi connectivity index (χ4v) is 4.06. The van der Waals surface area contributed by atoms with Crippen LogP contribution in [0.4, 0.5) is 0 Å². The van der Waals surface area contributed by atoms with Gasteiger partial charge in [-0.3, -0.25) is 9.59 Å². The highest BCUT2D eigenvalue weighted by Crippen LogP contribution is 2.31. The highest BCUT2D eigenvalue weighted by molar-refractivity contribution is 6.04. The number of allylic oxidation sites excluding steroid dienone is 2. The number of nitrogens with zero attached hydrogens (tertiary/aromatic N) is 3. The molecule has 2 heterocycles. The molecule has 1 aliphatic heterocycles. The molecule has 0 saturated carbocycles. The van der Waals surface area contributed by atoms with Crippen LogP contribution in [0.3, 0.4) is 0 Å². The van der Waals surface area contributed by atoms with Crippen molar-refractivity contribution in [3.8, 4) is 5.69 Å². The van der Waals surface area contributed by atoms with Crippen molar-refractivity contribution in [3.63, 3.8) is 0 Å². The van der Waals surface area contributed by atoms with Gasteiger partial charge in [0.15, 0.2) is 0 Å². The topological polar surface area (TPSA) is 67.2 Å². The van der Waals surface area contributed by atoms with Gasteiger partial charge in [0, 0.05) is 37.3 Å². The Hall–Kier alpha value is -3.93. The van der Waals surface area contributed by atoms with Crippen molar-refractivity contribution in [2.24, 2.45) is 0 Å². The minimum Gasteiger partial charge on any atom is -0.386 e. The summed E-state index contributed by atoms with van der Waals surface area (Å²) in [7, 11) is 0. The zero-order valence-corrected chi connectivity index (χ0v) is 19.0. The van der Waals surface area contributed by atoms with Crippen molar-refractivity contribution in [1.82, 2.24) is 20.0 Å². The monoisotopic (exact) mass is 440 g/mol. The van der Waals surface area contributed by atoms with Crippen LogP contribution in [0.25, 0.3) is 16.8 Å². The van der Waals surface area contributed by atoms with Crippen molar-refractivity contribution in [3.05, 3.63) is 106 Å². The Morgan fingerprint density at radius 1 is 1.03 bits per heavy atom. The first-order valence-corrected chi connectivity index (χ1v) is 11.1. The number of nitrogens with one attached hydrogen (secondary N) is 1. The largest absolute Gasteiger partial charge is 0.386 e. The number of rotatable bonds is 4. The molecule has 0 bridgehead atoms. The van der Waals surface area contributed by atoms with Gasteiger partial charge in [-0.05, 0) is 42.2 Å². The molecule has 1 N–H and O–H groups in total. The van der Waals surface area contributed by atoms with Crippen LogP contribution in [0.15, 0.2) is 83.8 Å². The Balaban J connectivity index is 1.91. The standard InChI is InChI=1S/C27H28N4O2/c1-19-10-7-8-13-25(19)31-26(33)15-14-23(29-31)27(20(2)22-11-5-4-6-12-22)24-18-30(21(3)32)17-9-16-28-24/h4-8,10-15,28H,2,9,16-18H2,1,3H3/b27-24+. The van der Waals surface area contributed by atoms with Crippen LogP contribution in [0.5, 0.6) is 0 Å². The average Bonchev–Trinajstić information content (AvgIpc) is 3.08. The second-order valence-corrected chi connectivity index (χ2v) is 8.17. The van der Waals surface area contributed by atoms with Crippen molar-refractivity contribution >= 4 is 17.1 Å². The quantitative estimate of drug-likeness (QED) is 0.670. The highest BCUT2D eigenvalue weighted by Gasteiger charge is 2.22. The molecule has 0 radical (unpaired) electrons. The second-order valence-electron chi connectivity index (χ2n) is 8.17. The Kier molecular flexibility index (Phi) is 6.54. The third-order valence-electron chi connectivity index (χ3n) is 5.86. The Bertz CT molecular complexity index is 1270. The van der Waals surface area contributed by atoms with E-state index in [-0.39, 0.29) is 11.5 Å². The summed E-state index contributed by atoms with van der Waals surface area (Å²) in [5.74, 6) is 0.0266. The van der Waals surface area contributed by atoms with Crippen LogP contribution in [-0.2, 0) is 4.79 Å². The van der Waals surface area contributed by atoms with Gasteiger partial charge in [-0.25, -0.2) is 0 Å². The maximum Gasteiger partial charge on any atom is 0.271 e. The van der Waals surface area contributed by atoms with Gasteiger partial charge in [0.25, 0.3) is 5.56 Å². The first kappa shape index (κ1) is 22.3. The molecular weight excluding hydrogens is 412 g/mol. The van der Waals surface area contributed by atoms with E-state index in [1.165, 1.54) is 10.7 Å². The lowest BCUT2D eigenvalue weighted by atomic mass is 9.94. The van der Waals surface area contributed by atoms with Gasteiger partial charge in [0.2, 0.25) is 5.91 Å². The second kappa shape index (κ2) is 9.69. The van der Waals surface area contributed by atoms with Crippen molar-refractivity contribution in [2.75, 3.05) is 19.6 Å². The maximum atomic E-state index is 12.8. The number of benzene rings is 2. The molecule has 4 rings (SSSR count). The van der Waals surface area contributed by atoms with E-state index in [0.29, 0.717) is 18.8 Å². The lowest BCUT2D eigenvalue weighted by molar-refractivity contribution is -0.128. The predicted octanol–water partition coefficient (Wildman–Crippen LogP) is 3.81. The first-order chi connectivity index (χ1) is 16.0. The molecule has 6 nitrogen and oxygen atoms in total. The smallest absolute Gasteiger partial charge is 0.271 e. The number of para-hydroxylation sites is 1. The lowest BCUT2D eigenvalue weighted by Gasteiger charge is -2.22. The van der Waals surface area contributed by atoms with Crippen LogP contribution >= 0.6 is 0 Å². The van der Waals surface area contributed by atoms with E-state index in [0.717, 1.165) is 46.6 Å². The highest BCUT2D eigenvalue weighted by atomic mass is 16.2. The third kappa shape index (κ3) is 4.80. The van der Waals surface area contributed by atoms with Gasteiger partial charge >= 0.3 is 0 Å². The fraction of sp³-hybridized carbons (Fsp3) is 0.222. The molecule has 0 spiro atoms. The molecule has 1 aliphatic rings. The van der Waals surface area contributed by atoms with Crippen LogP contribution in [-0.4, -0.2) is 40.2 Å². The number of aryl methyl sites for hydroxylation is 1. The number of aromatic nitrogens is 2. The summed E-state index contributed by atoms with van der Waals surface area (Å²) in [5, 5.41) is 8.27. The van der Waals surface area contributed by atoms with E-state index >= 15 is 0 Å². The van der Waals surface area contributed by atoms with Gasteiger partial charge < -0.3 is 10.2 Å². The lowest BCUT2D eigenvalue weighted by Crippen LogP contribution is -2.32. The summed E-state index contributed by atoms with van der Waals surface area (Å²) in [5.41, 5.74) is 5.52. The average molecular weight is 441 g/mol. The van der Waals surface area contributed by atoms with Crippen molar-refractivity contribution < 1.29 is 4.79 Å².